The molecule has 0 bridgehead atoms. The van der Waals surface area contributed by atoms with Gasteiger partial charge in [-0.3, -0.25) is 9.89 Å². The highest BCUT2D eigenvalue weighted by Crippen LogP contribution is 2.30. The van der Waals surface area contributed by atoms with Gasteiger partial charge in [-0.05, 0) is 34.9 Å². The number of fused-ring (bicyclic) bond motifs is 1. The molecule has 4 rings (SSSR count). The first kappa shape index (κ1) is 16.9. The molecule has 0 aliphatic heterocycles. The van der Waals surface area contributed by atoms with Crippen LogP contribution in [0.5, 0.6) is 11.5 Å². The van der Waals surface area contributed by atoms with Crippen LogP contribution in [0, 0.1) is 0 Å². The molecule has 136 valence electrons. The smallest absolute Gasteiger partial charge is 0.272 e. The fourth-order valence-corrected chi connectivity index (χ4v) is 3.19. The third-order valence-electron chi connectivity index (χ3n) is 4.55. The Kier molecular flexibility index (Phi) is 4.38. The van der Waals surface area contributed by atoms with Crippen molar-refractivity contribution >= 4 is 5.65 Å². The number of aromatic amines is 1. The zero-order valence-corrected chi connectivity index (χ0v) is 15.1. The van der Waals surface area contributed by atoms with Gasteiger partial charge in [0.15, 0.2) is 5.65 Å². The van der Waals surface area contributed by atoms with Crippen LogP contribution in [0.3, 0.4) is 0 Å². The number of aromatic nitrogens is 3. The molecule has 6 nitrogen and oxygen atoms in total. The lowest BCUT2D eigenvalue weighted by Crippen LogP contribution is -2.12. The summed E-state index contributed by atoms with van der Waals surface area (Å²) < 4.78 is 12.3. The van der Waals surface area contributed by atoms with E-state index in [4.69, 9.17) is 9.47 Å². The molecule has 4 aromatic rings. The van der Waals surface area contributed by atoms with E-state index < -0.39 is 0 Å². The topological polar surface area (TPSA) is 68.6 Å². The lowest BCUT2D eigenvalue weighted by molar-refractivity contribution is 0.410. The Morgan fingerprint density at radius 2 is 1.96 bits per heavy atom. The Hall–Kier alpha value is -3.54. The molecule has 27 heavy (non-hydrogen) atoms. The average molecular weight is 361 g/mol. The standard InChI is InChI=1S/C21H19N3O3/c1-26-17-5-3-4-14(11-17)10-16-7-6-15(12-19(16)27-2)18-13-23-24-20(25)8-9-22-21(18)24/h3-9,11-13,23H,10H2,1-2H3. The van der Waals surface area contributed by atoms with E-state index in [0.717, 1.165) is 40.2 Å². The average Bonchev–Trinajstić information content (AvgIpc) is 3.14. The molecule has 0 unspecified atom stereocenters. The predicted octanol–water partition coefficient (Wildman–Crippen LogP) is 3.30. The molecule has 0 radical (unpaired) electrons. The second-order valence-electron chi connectivity index (χ2n) is 6.18. The normalized spacial score (nSPS) is 10.9. The predicted molar refractivity (Wildman–Crippen MR) is 104 cm³/mol. The van der Waals surface area contributed by atoms with Crippen LogP contribution in [-0.2, 0) is 6.42 Å². The van der Waals surface area contributed by atoms with Crippen molar-refractivity contribution in [1.29, 1.82) is 0 Å². The second kappa shape index (κ2) is 6.99. The van der Waals surface area contributed by atoms with Gasteiger partial charge in [-0.2, -0.15) is 0 Å². The molecule has 2 heterocycles. The lowest BCUT2D eigenvalue weighted by atomic mass is 10.00. The van der Waals surface area contributed by atoms with E-state index in [1.807, 2.05) is 36.4 Å². The number of hydrogen-bond acceptors (Lipinski definition) is 4. The molecule has 0 fully saturated rings. The van der Waals surface area contributed by atoms with Crippen molar-refractivity contribution in [3.05, 3.63) is 82.4 Å². The van der Waals surface area contributed by atoms with Crippen LogP contribution in [0.2, 0.25) is 0 Å². The zero-order chi connectivity index (χ0) is 18.8. The molecule has 0 aliphatic carbocycles. The summed E-state index contributed by atoms with van der Waals surface area (Å²) in [6.45, 7) is 0. The number of ether oxygens (including phenoxy) is 2. The van der Waals surface area contributed by atoms with Gasteiger partial charge in [0, 0.05) is 30.4 Å². The Labute approximate surface area is 156 Å². The number of H-pyrrole nitrogens is 1. The van der Waals surface area contributed by atoms with E-state index >= 15 is 0 Å². The quantitative estimate of drug-likeness (QED) is 0.592. The van der Waals surface area contributed by atoms with Crippen LogP contribution < -0.4 is 15.0 Å². The van der Waals surface area contributed by atoms with E-state index in [0.29, 0.717) is 5.65 Å². The summed E-state index contributed by atoms with van der Waals surface area (Å²) in [7, 11) is 3.32. The van der Waals surface area contributed by atoms with Gasteiger partial charge in [0.25, 0.3) is 5.56 Å². The molecule has 0 saturated heterocycles. The molecule has 0 spiro atoms. The van der Waals surface area contributed by atoms with Crippen molar-refractivity contribution in [2.45, 2.75) is 6.42 Å². The summed E-state index contributed by atoms with van der Waals surface area (Å²) in [5.74, 6) is 1.62. The minimum Gasteiger partial charge on any atom is -0.497 e. The van der Waals surface area contributed by atoms with Crippen LogP contribution >= 0.6 is 0 Å². The zero-order valence-electron chi connectivity index (χ0n) is 15.1. The number of hydrogen-bond donors (Lipinski definition) is 1. The lowest BCUT2D eigenvalue weighted by Gasteiger charge is -2.11. The molecule has 1 N–H and O–H groups in total. The first-order valence-corrected chi connectivity index (χ1v) is 8.55. The van der Waals surface area contributed by atoms with Gasteiger partial charge in [-0.15, -0.1) is 0 Å². The van der Waals surface area contributed by atoms with Crippen molar-refractivity contribution in [2.75, 3.05) is 14.2 Å². The molecular formula is C21H19N3O3. The first-order valence-electron chi connectivity index (χ1n) is 8.55. The number of nitrogens with one attached hydrogen (secondary N) is 1. The van der Waals surface area contributed by atoms with Crippen LogP contribution in [0.1, 0.15) is 11.1 Å². The van der Waals surface area contributed by atoms with Crippen LogP contribution in [0.4, 0.5) is 0 Å². The summed E-state index contributed by atoms with van der Waals surface area (Å²) >= 11 is 0. The Morgan fingerprint density at radius 3 is 2.78 bits per heavy atom. The maximum Gasteiger partial charge on any atom is 0.272 e. The Bertz CT molecular complexity index is 1160. The van der Waals surface area contributed by atoms with Crippen molar-refractivity contribution < 1.29 is 9.47 Å². The molecule has 0 aliphatic rings. The molecule has 2 aromatic carbocycles. The van der Waals surface area contributed by atoms with Gasteiger partial charge < -0.3 is 9.47 Å². The number of rotatable bonds is 5. The molecule has 2 aromatic heterocycles. The maximum absolute atomic E-state index is 11.9. The van der Waals surface area contributed by atoms with Crippen LogP contribution in [-0.4, -0.2) is 28.8 Å². The highest BCUT2D eigenvalue weighted by atomic mass is 16.5. The van der Waals surface area contributed by atoms with Gasteiger partial charge in [-0.1, -0.05) is 24.3 Å². The van der Waals surface area contributed by atoms with Crippen molar-refractivity contribution in [3.63, 3.8) is 0 Å². The maximum atomic E-state index is 11.9. The largest absolute Gasteiger partial charge is 0.497 e. The van der Waals surface area contributed by atoms with E-state index in [-0.39, 0.29) is 5.56 Å². The molecule has 0 saturated carbocycles. The van der Waals surface area contributed by atoms with Crippen molar-refractivity contribution in [2.24, 2.45) is 0 Å². The van der Waals surface area contributed by atoms with E-state index in [1.165, 1.54) is 16.8 Å². The van der Waals surface area contributed by atoms with Gasteiger partial charge in [-0.25, -0.2) is 9.50 Å². The molecule has 0 atom stereocenters. The van der Waals surface area contributed by atoms with E-state index in [2.05, 4.69) is 16.1 Å². The number of nitrogens with zero attached hydrogens (tertiary/aromatic N) is 2. The van der Waals surface area contributed by atoms with Gasteiger partial charge in [0.05, 0.1) is 14.2 Å². The minimum atomic E-state index is -0.145. The second-order valence-corrected chi connectivity index (χ2v) is 6.18. The van der Waals surface area contributed by atoms with Crippen LogP contribution in [0.25, 0.3) is 16.8 Å². The molecule has 6 heteroatoms. The highest BCUT2D eigenvalue weighted by molar-refractivity contribution is 5.78. The Balaban J connectivity index is 1.72. The fraction of sp³-hybridized carbons (Fsp3) is 0.143. The summed E-state index contributed by atoms with van der Waals surface area (Å²) in [4.78, 5) is 16.2. The Morgan fingerprint density at radius 1 is 1.07 bits per heavy atom. The summed E-state index contributed by atoms with van der Waals surface area (Å²) in [5, 5.41) is 2.95. The fourth-order valence-electron chi connectivity index (χ4n) is 3.19. The summed E-state index contributed by atoms with van der Waals surface area (Å²) in [5.41, 5.74) is 4.43. The van der Waals surface area contributed by atoms with E-state index in [1.54, 1.807) is 20.4 Å². The van der Waals surface area contributed by atoms with Crippen molar-refractivity contribution in [3.8, 4) is 22.6 Å². The van der Waals surface area contributed by atoms with Gasteiger partial charge in [0.1, 0.15) is 11.5 Å². The van der Waals surface area contributed by atoms with Gasteiger partial charge >= 0.3 is 0 Å². The number of benzene rings is 2. The minimum absolute atomic E-state index is 0.145. The van der Waals surface area contributed by atoms with Crippen molar-refractivity contribution in [1.82, 2.24) is 14.6 Å². The monoisotopic (exact) mass is 361 g/mol. The third kappa shape index (κ3) is 3.17. The molecule has 0 amide bonds. The molecular weight excluding hydrogens is 342 g/mol. The summed E-state index contributed by atoms with van der Waals surface area (Å²) in [6, 6.07) is 15.4. The number of methoxy groups -OCH3 is 2. The van der Waals surface area contributed by atoms with E-state index in [9.17, 15) is 4.79 Å². The van der Waals surface area contributed by atoms with Crippen LogP contribution in [0.15, 0.2) is 65.7 Å². The summed E-state index contributed by atoms with van der Waals surface area (Å²) in [6.07, 6.45) is 4.02. The SMILES string of the molecule is COc1cccc(Cc2ccc(-c3c[nH]n4c(=O)ccnc34)cc2OC)c1. The first-order chi connectivity index (χ1) is 13.2. The highest BCUT2D eigenvalue weighted by Gasteiger charge is 2.12. The third-order valence-corrected chi connectivity index (χ3v) is 4.55. The van der Waals surface area contributed by atoms with Gasteiger partial charge in [0.2, 0.25) is 0 Å².